The third-order valence-corrected chi connectivity index (χ3v) is 4.78. The second-order valence-electron chi connectivity index (χ2n) is 5.66. The number of thiophene rings is 1. The van der Waals surface area contributed by atoms with Gasteiger partial charge < -0.3 is 11.1 Å². The van der Waals surface area contributed by atoms with Crippen molar-refractivity contribution in [3.8, 4) is 11.4 Å². The minimum Gasteiger partial charge on any atom is -0.368 e. The van der Waals surface area contributed by atoms with Gasteiger partial charge in [0.25, 0.3) is 0 Å². The number of hydrogen-bond acceptors (Lipinski definition) is 6. The van der Waals surface area contributed by atoms with Crippen LogP contribution in [0.4, 0.5) is 5.82 Å². The maximum Gasteiger partial charge on any atom is 0.163 e. The summed E-state index contributed by atoms with van der Waals surface area (Å²) in [5, 5.41) is 4.53. The fourth-order valence-electron chi connectivity index (χ4n) is 2.61. The molecule has 120 valence electrons. The normalized spacial score (nSPS) is 12.5. The van der Waals surface area contributed by atoms with E-state index in [9.17, 15) is 0 Å². The van der Waals surface area contributed by atoms with Crippen molar-refractivity contribution < 1.29 is 0 Å². The van der Waals surface area contributed by atoms with E-state index in [1.807, 2.05) is 19.1 Å². The van der Waals surface area contributed by atoms with Gasteiger partial charge in [0.2, 0.25) is 0 Å². The predicted molar refractivity (Wildman–Crippen MR) is 96.9 cm³/mol. The fourth-order valence-corrected chi connectivity index (χ4v) is 3.72. The molecule has 5 nitrogen and oxygen atoms in total. The summed E-state index contributed by atoms with van der Waals surface area (Å²) in [7, 11) is 0. The zero-order valence-corrected chi connectivity index (χ0v) is 14.4. The van der Waals surface area contributed by atoms with Crippen LogP contribution < -0.4 is 11.1 Å². The number of rotatable bonds is 5. The molecule has 3 aromatic rings. The molecule has 0 saturated heterocycles. The second kappa shape index (κ2) is 6.60. The molecule has 0 aliphatic carbocycles. The highest BCUT2D eigenvalue weighted by molar-refractivity contribution is 7.18. The van der Waals surface area contributed by atoms with E-state index in [2.05, 4.69) is 24.1 Å². The van der Waals surface area contributed by atoms with E-state index >= 15 is 0 Å². The lowest BCUT2D eigenvalue weighted by atomic mass is 10.1. The zero-order chi connectivity index (χ0) is 16.4. The Morgan fingerprint density at radius 1 is 1.26 bits per heavy atom. The number of anilines is 1. The highest BCUT2D eigenvalue weighted by Gasteiger charge is 2.17. The Kier molecular flexibility index (Phi) is 4.54. The van der Waals surface area contributed by atoms with E-state index in [1.54, 1.807) is 23.7 Å². The summed E-state index contributed by atoms with van der Waals surface area (Å²) in [6.07, 6.45) is 4.49. The minimum atomic E-state index is 0.0641. The molecule has 23 heavy (non-hydrogen) atoms. The lowest BCUT2D eigenvalue weighted by molar-refractivity contribution is 0.778. The molecule has 0 saturated carbocycles. The van der Waals surface area contributed by atoms with E-state index in [-0.39, 0.29) is 6.04 Å². The molecule has 0 aromatic carbocycles. The average Bonchev–Trinajstić information content (AvgIpc) is 2.88. The lowest BCUT2D eigenvalue weighted by Crippen LogP contribution is -2.25. The van der Waals surface area contributed by atoms with E-state index in [0.717, 1.165) is 33.8 Å². The minimum absolute atomic E-state index is 0.0641. The van der Waals surface area contributed by atoms with Crippen molar-refractivity contribution in [2.45, 2.75) is 33.2 Å². The first-order valence-corrected chi connectivity index (χ1v) is 8.61. The SMILES string of the molecule is CCc1c(C)sc2nc(-c3ccncc3)nc(NCC(C)N)c12. The van der Waals surface area contributed by atoms with E-state index in [0.29, 0.717) is 6.54 Å². The van der Waals surface area contributed by atoms with Crippen LogP contribution in [0.2, 0.25) is 0 Å². The first kappa shape index (κ1) is 15.8. The first-order valence-electron chi connectivity index (χ1n) is 7.80. The predicted octanol–water partition coefficient (Wildman–Crippen LogP) is 3.38. The van der Waals surface area contributed by atoms with Crippen LogP contribution in [0, 0.1) is 6.92 Å². The molecule has 1 unspecified atom stereocenters. The number of fused-ring (bicyclic) bond motifs is 1. The van der Waals surface area contributed by atoms with Crippen molar-refractivity contribution in [1.29, 1.82) is 0 Å². The first-order chi connectivity index (χ1) is 11.1. The Morgan fingerprint density at radius 2 is 2.00 bits per heavy atom. The van der Waals surface area contributed by atoms with Crippen molar-refractivity contribution in [3.63, 3.8) is 0 Å². The van der Waals surface area contributed by atoms with E-state index in [1.165, 1.54) is 10.4 Å². The van der Waals surface area contributed by atoms with Crippen LogP contribution in [0.1, 0.15) is 24.3 Å². The van der Waals surface area contributed by atoms with Crippen LogP contribution in [0.5, 0.6) is 0 Å². The third-order valence-electron chi connectivity index (χ3n) is 3.74. The molecule has 0 spiro atoms. The Balaban J connectivity index is 2.18. The fraction of sp³-hybridized carbons (Fsp3) is 0.353. The van der Waals surface area contributed by atoms with Gasteiger partial charge >= 0.3 is 0 Å². The molecule has 3 rings (SSSR count). The van der Waals surface area contributed by atoms with Gasteiger partial charge in [-0.3, -0.25) is 4.98 Å². The van der Waals surface area contributed by atoms with E-state index < -0.39 is 0 Å². The standard InChI is InChI=1S/C17H21N5S/c1-4-13-11(3)23-17-14(13)16(20-9-10(2)18)21-15(22-17)12-5-7-19-8-6-12/h5-8,10H,4,9,18H2,1-3H3,(H,20,21,22). The second-order valence-corrected chi connectivity index (χ2v) is 6.86. The van der Waals surface area contributed by atoms with Gasteiger partial charge in [-0.1, -0.05) is 6.92 Å². The molecular weight excluding hydrogens is 306 g/mol. The van der Waals surface area contributed by atoms with Gasteiger partial charge in [-0.15, -0.1) is 11.3 Å². The molecule has 0 fully saturated rings. The van der Waals surface area contributed by atoms with Crippen LogP contribution in [0.15, 0.2) is 24.5 Å². The highest BCUT2D eigenvalue weighted by Crippen LogP contribution is 2.35. The summed E-state index contributed by atoms with van der Waals surface area (Å²) in [6, 6.07) is 3.92. The maximum atomic E-state index is 5.90. The highest BCUT2D eigenvalue weighted by atomic mass is 32.1. The van der Waals surface area contributed by atoms with Gasteiger partial charge in [0.15, 0.2) is 5.82 Å². The quantitative estimate of drug-likeness (QED) is 0.751. The Morgan fingerprint density at radius 3 is 2.65 bits per heavy atom. The maximum absolute atomic E-state index is 5.90. The lowest BCUT2D eigenvalue weighted by Gasteiger charge is -2.12. The Bertz CT molecular complexity index is 811. The van der Waals surface area contributed by atoms with Crippen molar-refractivity contribution in [2.24, 2.45) is 5.73 Å². The Hall–Kier alpha value is -2.05. The zero-order valence-electron chi connectivity index (χ0n) is 13.6. The number of aromatic nitrogens is 3. The van der Waals surface area contributed by atoms with Gasteiger partial charge in [0.1, 0.15) is 10.6 Å². The largest absolute Gasteiger partial charge is 0.368 e. The molecule has 6 heteroatoms. The van der Waals surface area contributed by atoms with Gasteiger partial charge in [0, 0.05) is 35.4 Å². The van der Waals surface area contributed by atoms with Crippen molar-refractivity contribution in [2.75, 3.05) is 11.9 Å². The average molecular weight is 327 g/mol. The molecule has 0 radical (unpaired) electrons. The number of hydrogen-bond donors (Lipinski definition) is 2. The summed E-state index contributed by atoms with van der Waals surface area (Å²) in [5.41, 5.74) is 8.18. The summed E-state index contributed by atoms with van der Waals surface area (Å²) in [6.45, 7) is 6.97. The molecule has 3 N–H and O–H groups in total. The molecule has 3 heterocycles. The molecule has 1 atom stereocenters. The summed E-state index contributed by atoms with van der Waals surface area (Å²) < 4.78 is 0. The van der Waals surface area contributed by atoms with Crippen molar-refractivity contribution >= 4 is 27.4 Å². The van der Waals surface area contributed by atoms with Gasteiger partial charge in [-0.05, 0) is 38.0 Å². The van der Waals surface area contributed by atoms with Crippen molar-refractivity contribution in [3.05, 3.63) is 35.0 Å². The number of nitrogens with one attached hydrogen (secondary N) is 1. The molecule has 0 aliphatic rings. The van der Waals surface area contributed by atoms with Gasteiger partial charge in [0.05, 0.1) is 5.39 Å². The summed E-state index contributed by atoms with van der Waals surface area (Å²) in [4.78, 5) is 15.9. The third kappa shape index (κ3) is 3.18. The number of aryl methyl sites for hydroxylation is 2. The van der Waals surface area contributed by atoms with Crippen LogP contribution in [0.25, 0.3) is 21.6 Å². The topological polar surface area (TPSA) is 76.7 Å². The van der Waals surface area contributed by atoms with Gasteiger partial charge in [-0.2, -0.15) is 0 Å². The van der Waals surface area contributed by atoms with Crippen LogP contribution in [-0.4, -0.2) is 27.5 Å². The molecule has 0 bridgehead atoms. The molecular formula is C17H21N5S. The summed E-state index contributed by atoms with van der Waals surface area (Å²) in [5.74, 6) is 1.59. The van der Waals surface area contributed by atoms with Crippen LogP contribution in [-0.2, 0) is 6.42 Å². The van der Waals surface area contributed by atoms with Crippen LogP contribution in [0.3, 0.4) is 0 Å². The smallest absolute Gasteiger partial charge is 0.163 e. The van der Waals surface area contributed by atoms with Crippen LogP contribution >= 0.6 is 11.3 Å². The number of pyridine rings is 1. The van der Waals surface area contributed by atoms with Gasteiger partial charge in [-0.25, -0.2) is 9.97 Å². The van der Waals surface area contributed by atoms with E-state index in [4.69, 9.17) is 15.7 Å². The monoisotopic (exact) mass is 327 g/mol. The number of nitrogens with zero attached hydrogens (tertiary/aromatic N) is 3. The Labute approximate surface area is 140 Å². The molecule has 0 amide bonds. The summed E-state index contributed by atoms with van der Waals surface area (Å²) >= 11 is 1.72. The number of nitrogens with two attached hydrogens (primary N) is 1. The molecule has 0 aliphatic heterocycles. The van der Waals surface area contributed by atoms with Crippen molar-refractivity contribution in [1.82, 2.24) is 15.0 Å². The molecule has 3 aromatic heterocycles.